The minimum atomic E-state index is -0.146. The average Bonchev–Trinajstić information content (AvgIpc) is 2.33. The molecule has 1 N–H and O–H groups in total. The minimum Gasteiger partial charge on any atom is -0.389 e. The number of aliphatic hydroxyl groups excluding tert-OH is 1. The molecule has 1 unspecified atom stereocenters. The molecule has 1 heteroatoms. The topological polar surface area (TPSA) is 20.2 Å². The lowest BCUT2D eigenvalue weighted by Gasteiger charge is -2.16. The lowest BCUT2D eigenvalue weighted by molar-refractivity contribution is 0.201. The Bertz CT molecular complexity index is 208. The fourth-order valence-corrected chi connectivity index (χ4v) is 2.67. The van der Waals surface area contributed by atoms with Crippen LogP contribution in [0.25, 0.3) is 0 Å². The highest BCUT2D eigenvalue weighted by Crippen LogP contribution is 2.23. The second-order valence-corrected chi connectivity index (χ2v) is 5.51. The van der Waals surface area contributed by atoms with Crippen LogP contribution in [0.1, 0.15) is 84.0 Å². The summed E-state index contributed by atoms with van der Waals surface area (Å²) in [4.78, 5) is 0. The summed E-state index contributed by atoms with van der Waals surface area (Å²) in [5.74, 6) is 0. The van der Waals surface area contributed by atoms with Crippen LogP contribution >= 0.6 is 0 Å². The summed E-state index contributed by atoms with van der Waals surface area (Å²) in [7, 11) is 0. The zero-order chi connectivity index (χ0) is 12.3. The number of hydrogen-bond donors (Lipinski definition) is 1. The van der Waals surface area contributed by atoms with E-state index < -0.39 is 0 Å². The van der Waals surface area contributed by atoms with E-state index in [4.69, 9.17) is 0 Å². The molecule has 100 valence electrons. The first kappa shape index (κ1) is 14.8. The SMILES string of the molecule is CCCCCCCCCCC1=CC(O)CCC1. The van der Waals surface area contributed by atoms with Gasteiger partial charge in [0.25, 0.3) is 0 Å². The molecule has 0 radical (unpaired) electrons. The summed E-state index contributed by atoms with van der Waals surface area (Å²) in [5, 5.41) is 9.53. The number of hydrogen-bond acceptors (Lipinski definition) is 1. The van der Waals surface area contributed by atoms with Crippen molar-refractivity contribution in [2.45, 2.75) is 90.1 Å². The summed E-state index contributed by atoms with van der Waals surface area (Å²) in [6.07, 6.45) is 17.7. The van der Waals surface area contributed by atoms with Gasteiger partial charge in [0, 0.05) is 0 Å². The fraction of sp³-hybridized carbons (Fsp3) is 0.875. The van der Waals surface area contributed by atoms with E-state index in [-0.39, 0.29) is 6.10 Å². The molecule has 1 aliphatic carbocycles. The van der Waals surface area contributed by atoms with Gasteiger partial charge in [-0.2, -0.15) is 0 Å². The second kappa shape index (κ2) is 9.70. The maximum Gasteiger partial charge on any atom is 0.0723 e. The second-order valence-electron chi connectivity index (χ2n) is 5.51. The molecule has 0 aromatic carbocycles. The van der Waals surface area contributed by atoms with E-state index in [9.17, 15) is 5.11 Å². The number of aliphatic hydroxyl groups is 1. The van der Waals surface area contributed by atoms with E-state index in [1.54, 1.807) is 0 Å². The van der Waals surface area contributed by atoms with Gasteiger partial charge in [0.2, 0.25) is 0 Å². The first-order valence-electron chi connectivity index (χ1n) is 7.70. The first-order chi connectivity index (χ1) is 8.33. The van der Waals surface area contributed by atoms with Gasteiger partial charge < -0.3 is 5.11 Å². The summed E-state index contributed by atoms with van der Waals surface area (Å²) in [6, 6.07) is 0. The van der Waals surface area contributed by atoms with Crippen LogP contribution in [-0.2, 0) is 0 Å². The Hall–Kier alpha value is -0.300. The van der Waals surface area contributed by atoms with Crippen molar-refractivity contribution in [2.24, 2.45) is 0 Å². The van der Waals surface area contributed by atoms with E-state index >= 15 is 0 Å². The summed E-state index contributed by atoms with van der Waals surface area (Å²) < 4.78 is 0. The number of rotatable bonds is 9. The van der Waals surface area contributed by atoms with Crippen LogP contribution in [0.15, 0.2) is 11.6 Å². The highest BCUT2D eigenvalue weighted by atomic mass is 16.3. The fourth-order valence-electron chi connectivity index (χ4n) is 2.67. The van der Waals surface area contributed by atoms with Crippen LogP contribution in [0.4, 0.5) is 0 Å². The van der Waals surface area contributed by atoms with E-state index in [2.05, 4.69) is 13.0 Å². The predicted molar refractivity (Wildman–Crippen MR) is 75.2 cm³/mol. The molecule has 0 saturated carbocycles. The van der Waals surface area contributed by atoms with Crippen LogP contribution in [0, 0.1) is 0 Å². The normalized spacial score (nSPS) is 20.4. The lowest BCUT2D eigenvalue weighted by Crippen LogP contribution is -2.08. The smallest absolute Gasteiger partial charge is 0.0723 e. The third-order valence-corrected chi connectivity index (χ3v) is 3.78. The van der Waals surface area contributed by atoms with Crippen molar-refractivity contribution in [2.75, 3.05) is 0 Å². The molecule has 0 saturated heterocycles. The average molecular weight is 238 g/mol. The van der Waals surface area contributed by atoms with Gasteiger partial charge in [-0.1, -0.05) is 63.5 Å². The van der Waals surface area contributed by atoms with Gasteiger partial charge in [0.1, 0.15) is 0 Å². The number of allylic oxidation sites excluding steroid dienone is 1. The highest BCUT2D eigenvalue weighted by Gasteiger charge is 2.09. The molecule has 1 atom stereocenters. The molecule has 0 aromatic heterocycles. The van der Waals surface area contributed by atoms with Crippen molar-refractivity contribution in [3.8, 4) is 0 Å². The molecule has 1 aliphatic rings. The Labute approximate surface area is 107 Å². The van der Waals surface area contributed by atoms with Gasteiger partial charge in [-0.3, -0.25) is 0 Å². The highest BCUT2D eigenvalue weighted by molar-refractivity contribution is 5.08. The van der Waals surface area contributed by atoms with Gasteiger partial charge >= 0.3 is 0 Å². The molecule has 0 aliphatic heterocycles. The summed E-state index contributed by atoms with van der Waals surface area (Å²) in [6.45, 7) is 2.27. The van der Waals surface area contributed by atoms with Gasteiger partial charge in [0.05, 0.1) is 6.10 Å². The standard InChI is InChI=1S/C16H30O/c1-2-3-4-5-6-7-8-9-11-15-12-10-13-16(17)14-15/h14,16-17H,2-13H2,1H3. The Morgan fingerprint density at radius 1 is 1.06 bits per heavy atom. The van der Waals surface area contributed by atoms with E-state index in [0.29, 0.717) is 0 Å². The van der Waals surface area contributed by atoms with Gasteiger partial charge in [0.15, 0.2) is 0 Å². The molecule has 0 aromatic rings. The maximum absolute atomic E-state index is 9.53. The summed E-state index contributed by atoms with van der Waals surface area (Å²) >= 11 is 0. The van der Waals surface area contributed by atoms with Crippen molar-refractivity contribution in [3.05, 3.63) is 11.6 Å². The molecule has 1 rings (SSSR count). The van der Waals surface area contributed by atoms with Crippen molar-refractivity contribution in [3.63, 3.8) is 0 Å². The molecule has 0 spiro atoms. The predicted octanol–water partition coefficient (Wildman–Crippen LogP) is 4.99. The van der Waals surface area contributed by atoms with Crippen LogP contribution in [0.5, 0.6) is 0 Å². The molecular weight excluding hydrogens is 208 g/mol. The van der Waals surface area contributed by atoms with E-state index in [0.717, 1.165) is 6.42 Å². The zero-order valence-corrected chi connectivity index (χ0v) is 11.6. The van der Waals surface area contributed by atoms with Crippen molar-refractivity contribution in [1.29, 1.82) is 0 Å². The molecular formula is C16H30O. The largest absolute Gasteiger partial charge is 0.389 e. The Morgan fingerprint density at radius 2 is 1.71 bits per heavy atom. The van der Waals surface area contributed by atoms with Gasteiger partial charge in [-0.25, -0.2) is 0 Å². The van der Waals surface area contributed by atoms with Crippen LogP contribution < -0.4 is 0 Å². The van der Waals surface area contributed by atoms with Crippen molar-refractivity contribution < 1.29 is 5.11 Å². The van der Waals surface area contributed by atoms with Crippen LogP contribution in [0.3, 0.4) is 0 Å². The Balaban J connectivity index is 1.90. The molecule has 17 heavy (non-hydrogen) atoms. The summed E-state index contributed by atoms with van der Waals surface area (Å²) in [5.41, 5.74) is 1.51. The molecule has 1 nitrogen and oxygen atoms in total. The Morgan fingerprint density at radius 3 is 2.35 bits per heavy atom. The van der Waals surface area contributed by atoms with E-state index in [1.807, 2.05) is 0 Å². The molecule has 0 bridgehead atoms. The first-order valence-corrected chi connectivity index (χ1v) is 7.70. The van der Waals surface area contributed by atoms with Crippen LogP contribution in [0.2, 0.25) is 0 Å². The molecule has 0 fully saturated rings. The van der Waals surface area contributed by atoms with Gasteiger partial charge in [-0.05, 0) is 32.1 Å². The lowest BCUT2D eigenvalue weighted by atomic mass is 9.93. The quantitative estimate of drug-likeness (QED) is 0.443. The van der Waals surface area contributed by atoms with Crippen molar-refractivity contribution >= 4 is 0 Å². The third kappa shape index (κ3) is 7.59. The minimum absolute atomic E-state index is 0.146. The molecule has 0 heterocycles. The third-order valence-electron chi connectivity index (χ3n) is 3.78. The monoisotopic (exact) mass is 238 g/mol. The Kier molecular flexibility index (Phi) is 8.42. The molecule has 0 amide bonds. The van der Waals surface area contributed by atoms with Crippen molar-refractivity contribution in [1.82, 2.24) is 0 Å². The number of unbranched alkanes of at least 4 members (excludes halogenated alkanes) is 7. The zero-order valence-electron chi connectivity index (χ0n) is 11.6. The van der Waals surface area contributed by atoms with Crippen LogP contribution in [-0.4, -0.2) is 11.2 Å². The maximum atomic E-state index is 9.53. The van der Waals surface area contributed by atoms with Gasteiger partial charge in [-0.15, -0.1) is 0 Å². The van der Waals surface area contributed by atoms with E-state index in [1.165, 1.54) is 76.2 Å².